The van der Waals surface area contributed by atoms with E-state index >= 15 is 0 Å². The Morgan fingerprint density at radius 1 is 1.07 bits per heavy atom. The van der Waals surface area contributed by atoms with E-state index in [-0.39, 0.29) is 30.1 Å². The first-order valence-electron chi connectivity index (χ1n) is 14.3. The van der Waals surface area contributed by atoms with Crippen LogP contribution < -0.4 is 19.7 Å². The fourth-order valence-electron chi connectivity index (χ4n) is 5.13. The van der Waals surface area contributed by atoms with Crippen LogP contribution in [0.25, 0.3) is 0 Å². The number of nitriles is 1. The highest BCUT2D eigenvalue weighted by atomic mass is 19.4. The molecule has 0 unspecified atom stereocenters. The van der Waals surface area contributed by atoms with Gasteiger partial charge in [-0.3, -0.25) is 0 Å². The van der Waals surface area contributed by atoms with Crippen molar-refractivity contribution in [3.8, 4) is 17.6 Å². The monoisotopic (exact) mass is 595 g/mol. The van der Waals surface area contributed by atoms with E-state index in [1.807, 2.05) is 32.0 Å². The van der Waals surface area contributed by atoms with Crippen LogP contribution >= 0.6 is 0 Å². The third-order valence-electron chi connectivity index (χ3n) is 7.03. The van der Waals surface area contributed by atoms with Crippen LogP contribution in [0.15, 0.2) is 60.7 Å². The summed E-state index contributed by atoms with van der Waals surface area (Å²) in [5, 5.41) is 13.3. The van der Waals surface area contributed by atoms with Crippen molar-refractivity contribution < 1.29 is 32.2 Å². The number of anilines is 1. The fraction of sp³-hybridized carbons (Fsp3) is 0.394. The van der Waals surface area contributed by atoms with Gasteiger partial charge in [-0.05, 0) is 74.6 Å². The Morgan fingerprint density at radius 3 is 2.56 bits per heavy atom. The average molecular weight is 596 g/mol. The van der Waals surface area contributed by atoms with Crippen LogP contribution in [0.2, 0.25) is 0 Å². The van der Waals surface area contributed by atoms with E-state index in [0.29, 0.717) is 43.7 Å². The molecule has 0 saturated heterocycles. The van der Waals surface area contributed by atoms with E-state index in [1.165, 1.54) is 6.07 Å². The van der Waals surface area contributed by atoms with Crippen molar-refractivity contribution in [1.82, 2.24) is 5.32 Å². The number of hydrogen-bond acceptors (Lipinski definition) is 7. The van der Waals surface area contributed by atoms with Crippen molar-refractivity contribution in [2.45, 2.75) is 45.3 Å². The highest BCUT2D eigenvalue weighted by Crippen LogP contribution is 2.33. The van der Waals surface area contributed by atoms with Crippen molar-refractivity contribution in [1.29, 1.82) is 5.26 Å². The maximum Gasteiger partial charge on any atom is 0.422 e. The Hall–Kier alpha value is -4.23. The Balaban J connectivity index is 1.23. The minimum Gasteiger partial charge on any atom is -0.488 e. The third-order valence-corrected chi connectivity index (χ3v) is 7.03. The quantitative estimate of drug-likeness (QED) is 0.180. The summed E-state index contributed by atoms with van der Waals surface area (Å²) in [4.78, 5) is 14.5. The molecule has 10 heteroatoms. The smallest absolute Gasteiger partial charge is 0.422 e. The molecule has 0 spiro atoms. The maximum absolute atomic E-state index is 12.5. The molecule has 0 amide bonds. The average Bonchev–Trinajstić information content (AvgIpc) is 3.38. The molecule has 0 aliphatic carbocycles. The number of carbonyl (C=O) groups is 1. The first-order chi connectivity index (χ1) is 20.6. The minimum atomic E-state index is -4.43. The molecule has 0 bridgehead atoms. The van der Waals surface area contributed by atoms with Gasteiger partial charge in [0.05, 0.1) is 23.4 Å². The predicted molar refractivity (Wildman–Crippen MR) is 158 cm³/mol. The zero-order chi connectivity index (χ0) is 30.8. The number of nitrogens with zero attached hydrogens (tertiary/aromatic N) is 2. The summed E-state index contributed by atoms with van der Waals surface area (Å²) in [5.74, 6) is -0.0261. The number of esters is 1. The molecule has 43 heavy (non-hydrogen) atoms. The summed E-state index contributed by atoms with van der Waals surface area (Å²) in [6.45, 7) is 5.10. The molecule has 0 fully saturated rings. The zero-order valence-electron chi connectivity index (χ0n) is 24.4. The summed E-state index contributed by atoms with van der Waals surface area (Å²) in [7, 11) is 0. The van der Waals surface area contributed by atoms with Crippen LogP contribution in [0.3, 0.4) is 0 Å². The zero-order valence-corrected chi connectivity index (χ0v) is 24.4. The number of benzene rings is 3. The second-order valence-corrected chi connectivity index (χ2v) is 10.6. The number of ether oxygens (including phenoxy) is 3. The predicted octanol–water partition coefficient (Wildman–Crippen LogP) is 6.02. The molecule has 7 nitrogen and oxygen atoms in total. The number of nitrogens with one attached hydrogen (secondary N) is 1. The SMILES string of the molecule is Cc1cccc(C(=O)OCCCN2CCc3cc(C[C@@H](C)NCCOc4ccccc4OCC(F)(F)F)cc(C#N)c32)c1. The lowest BCUT2D eigenvalue weighted by atomic mass is 9.99. The van der Waals surface area contributed by atoms with Gasteiger partial charge in [0, 0.05) is 25.7 Å². The van der Waals surface area contributed by atoms with Crippen molar-refractivity contribution in [3.05, 3.63) is 88.5 Å². The molecule has 1 aliphatic heterocycles. The fourth-order valence-corrected chi connectivity index (χ4v) is 5.13. The molecule has 3 aromatic rings. The normalized spacial score (nSPS) is 13.3. The van der Waals surface area contributed by atoms with Crippen LogP contribution in [0.4, 0.5) is 18.9 Å². The highest BCUT2D eigenvalue weighted by molar-refractivity contribution is 5.89. The number of aryl methyl sites for hydroxylation is 1. The number of fused-ring (bicyclic) bond motifs is 1. The van der Waals surface area contributed by atoms with Gasteiger partial charge in [0.1, 0.15) is 12.7 Å². The molecule has 0 radical (unpaired) electrons. The summed E-state index contributed by atoms with van der Waals surface area (Å²) >= 11 is 0. The first-order valence-corrected chi connectivity index (χ1v) is 14.3. The molecular weight excluding hydrogens is 559 g/mol. The summed E-state index contributed by atoms with van der Waals surface area (Å²) in [5.41, 5.74) is 5.32. The van der Waals surface area contributed by atoms with E-state index in [9.17, 15) is 23.2 Å². The van der Waals surface area contributed by atoms with Gasteiger partial charge < -0.3 is 24.4 Å². The van der Waals surface area contributed by atoms with Crippen LogP contribution in [0.5, 0.6) is 11.5 Å². The molecule has 1 heterocycles. The van der Waals surface area contributed by atoms with Crippen LogP contribution in [0, 0.1) is 18.3 Å². The molecule has 1 aliphatic rings. The Kier molecular flexibility index (Phi) is 10.9. The van der Waals surface area contributed by atoms with E-state index in [0.717, 1.165) is 35.3 Å². The van der Waals surface area contributed by atoms with Crippen molar-refractivity contribution in [2.24, 2.45) is 0 Å². The second kappa shape index (κ2) is 14.8. The first kappa shape index (κ1) is 31.7. The largest absolute Gasteiger partial charge is 0.488 e. The Labute approximate surface area is 250 Å². The number of hydrogen-bond donors (Lipinski definition) is 1. The molecule has 4 rings (SSSR count). The molecular formula is C33H36F3N3O4. The van der Waals surface area contributed by atoms with Crippen molar-refractivity contribution in [2.75, 3.05) is 44.4 Å². The molecule has 1 N–H and O–H groups in total. The van der Waals surface area contributed by atoms with Gasteiger partial charge >= 0.3 is 12.1 Å². The Morgan fingerprint density at radius 2 is 1.84 bits per heavy atom. The van der Waals surface area contributed by atoms with Gasteiger partial charge in [0.15, 0.2) is 18.1 Å². The highest BCUT2D eigenvalue weighted by Gasteiger charge is 2.29. The van der Waals surface area contributed by atoms with Gasteiger partial charge in [-0.1, -0.05) is 35.9 Å². The van der Waals surface area contributed by atoms with Gasteiger partial charge in [-0.25, -0.2) is 4.79 Å². The maximum atomic E-state index is 12.5. The minimum absolute atomic E-state index is 0.0485. The van der Waals surface area contributed by atoms with Crippen molar-refractivity contribution in [3.63, 3.8) is 0 Å². The molecule has 0 aromatic heterocycles. The second-order valence-electron chi connectivity index (χ2n) is 10.6. The molecule has 1 atom stereocenters. The van der Waals surface area contributed by atoms with E-state index in [4.69, 9.17) is 14.2 Å². The lowest BCUT2D eigenvalue weighted by Crippen LogP contribution is -2.32. The molecule has 3 aromatic carbocycles. The standard InChI is InChI=1S/C33H36F3N3O4/c1-23-7-5-8-27(17-23)32(40)42-15-6-13-39-14-11-26-19-25(20-28(21-37)31(26)39)18-24(2)38-12-16-41-29-9-3-4-10-30(29)43-22-33(34,35)36/h3-5,7-10,17,19-20,24,38H,6,11-16,18,22H2,1-2H3/t24-/m1/s1. The van der Waals surface area contributed by atoms with Gasteiger partial charge in [-0.15, -0.1) is 0 Å². The van der Waals surface area contributed by atoms with E-state index in [1.54, 1.807) is 30.3 Å². The van der Waals surface area contributed by atoms with Gasteiger partial charge in [0.2, 0.25) is 0 Å². The van der Waals surface area contributed by atoms with E-state index < -0.39 is 12.8 Å². The molecule has 228 valence electrons. The Bertz CT molecular complexity index is 1440. The lowest BCUT2D eigenvalue weighted by Gasteiger charge is -2.21. The number of halogens is 3. The molecule has 0 saturated carbocycles. The number of alkyl halides is 3. The number of carbonyl (C=O) groups excluding carboxylic acids is 1. The summed E-state index contributed by atoms with van der Waals surface area (Å²) in [6.07, 6.45) is -2.23. The van der Waals surface area contributed by atoms with E-state index in [2.05, 4.69) is 22.4 Å². The summed E-state index contributed by atoms with van der Waals surface area (Å²) in [6, 6.07) is 20.1. The van der Waals surface area contributed by atoms with Crippen molar-refractivity contribution >= 4 is 11.7 Å². The van der Waals surface area contributed by atoms with Crippen LogP contribution in [-0.4, -0.2) is 57.6 Å². The van der Waals surface area contributed by atoms with Crippen LogP contribution in [-0.2, 0) is 17.6 Å². The third kappa shape index (κ3) is 9.38. The van der Waals surface area contributed by atoms with Crippen LogP contribution in [0.1, 0.15) is 46.0 Å². The van der Waals surface area contributed by atoms with Gasteiger partial charge in [-0.2, -0.15) is 18.4 Å². The number of para-hydroxylation sites is 2. The number of rotatable bonds is 14. The topological polar surface area (TPSA) is 83.8 Å². The van der Waals surface area contributed by atoms with Gasteiger partial charge in [0.25, 0.3) is 0 Å². The summed E-state index contributed by atoms with van der Waals surface area (Å²) < 4.78 is 53.5. The lowest BCUT2D eigenvalue weighted by molar-refractivity contribution is -0.153.